The predicted molar refractivity (Wildman–Crippen MR) is 120 cm³/mol. The normalized spacial score (nSPS) is 17.9. The molecular weight excluding hydrogens is 412 g/mol. The van der Waals surface area contributed by atoms with E-state index in [0.717, 1.165) is 12.0 Å². The Hall–Kier alpha value is -3.61. The minimum Gasteiger partial charge on any atom is -0.504 e. The second-order valence-corrected chi connectivity index (χ2v) is 9.50. The summed E-state index contributed by atoms with van der Waals surface area (Å²) in [6.45, 7) is 7.85. The van der Waals surface area contributed by atoms with E-state index in [1.807, 2.05) is 39.8 Å². The smallest absolute Gasteiger partial charge is 0.204 e. The fourth-order valence-corrected chi connectivity index (χ4v) is 4.29. The molecule has 5 rings (SSSR count). The van der Waals surface area contributed by atoms with Gasteiger partial charge in [0.1, 0.15) is 34.4 Å². The van der Waals surface area contributed by atoms with Gasteiger partial charge in [-0.15, -0.1) is 0 Å². The zero-order valence-corrected chi connectivity index (χ0v) is 18.3. The van der Waals surface area contributed by atoms with Crippen LogP contribution in [0.25, 0.3) is 28.2 Å². The monoisotopic (exact) mass is 436 g/mol. The van der Waals surface area contributed by atoms with Gasteiger partial charge in [-0.2, -0.15) is 0 Å². The first-order valence-electron chi connectivity index (χ1n) is 10.4. The Kier molecular flexibility index (Phi) is 4.09. The standard InChI is InChI=1S/C25H24O7/c1-24(2)7-5-13-21(31-24)14-6-8-25(3,4)32-23(14)18-19(28)15(11-30-22(13)18)12-9-16(26)20(29)17(27)10-12/h5,7,9-11,26-27,29H,6,8H2,1-4H3. The molecule has 166 valence electrons. The van der Waals surface area contributed by atoms with Crippen molar-refractivity contribution in [2.45, 2.75) is 51.7 Å². The average Bonchev–Trinajstić information content (AvgIpc) is 2.70. The summed E-state index contributed by atoms with van der Waals surface area (Å²) in [6, 6.07) is 2.41. The van der Waals surface area contributed by atoms with Crippen LogP contribution < -0.4 is 14.9 Å². The molecular formula is C25H24O7. The Bertz CT molecular complexity index is 1350. The maximum atomic E-state index is 13.7. The summed E-state index contributed by atoms with van der Waals surface area (Å²) < 4.78 is 18.5. The number of hydrogen-bond donors (Lipinski definition) is 3. The van der Waals surface area contributed by atoms with Crippen LogP contribution in [0.3, 0.4) is 0 Å². The molecule has 0 radical (unpaired) electrons. The van der Waals surface area contributed by atoms with Crippen molar-refractivity contribution < 1.29 is 29.2 Å². The summed E-state index contributed by atoms with van der Waals surface area (Å²) in [6.07, 6.45) is 6.54. The first kappa shape index (κ1) is 20.3. The third-order valence-electron chi connectivity index (χ3n) is 6.01. The summed E-state index contributed by atoms with van der Waals surface area (Å²) in [5.41, 5.74) is 0.830. The van der Waals surface area contributed by atoms with Gasteiger partial charge >= 0.3 is 0 Å². The molecule has 0 saturated carbocycles. The zero-order valence-electron chi connectivity index (χ0n) is 18.3. The van der Waals surface area contributed by atoms with Gasteiger partial charge < -0.3 is 29.2 Å². The number of benzene rings is 2. The van der Waals surface area contributed by atoms with Gasteiger partial charge in [-0.05, 0) is 70.4 Å². The average molecular weight is 436 g/mol. The highest BCUT2D eigenvalue weighted by atomic mass is 16.5. The van der Waals surface area contributed by atoms with Crippen LogP contribution in [-0.4, -0.2) is 26.5 Å². The first-order chi connectivity index (χ1) is 15.0. The van der Waals surface area contributed by atoms with Crippen LogP contribution in [0.1, 0.15) is 45.2 Å². The SMILES string of the molecule is CC1(C)C=Cc2c(c3c(c4c(=O)c(-c5cc(O)c(O)c(O)c5)coc24)OC(C)(C)CC3)O1. The number of aromatic hydroxyl groups is 3. The highest BCUT2D eigenvalue weighted by Crippen LogP contribution is 2.49. The fraction of sp³-hybridized carbons (Fsp3) is 0.320. The van der Waals surface area contributed by atoms with Gasteiger partial charge in [-0.3, -0.25) is 4.79 Å². The second-order valence-electron chi connectivity index (χ2n) is 9.50. The van der Waals surface area contributed by atoms with E-state index in [9.17, 15) is 20.1 Å². The van der Waals surface area contributed by atoms with E-state index in [1.165, 1.54) is 18.4 Å². The second kappa shape index (κ2) is 6.45. The lowest BCUT2D eigenvalue weighted by molar-refractivity contribution is 0.0827. The van der Waals surface area contributed by atoms with Gasteiger partial charge in [0.15, 0.2) is 22.8 Å². The Balaban J connectivity index is 1.86. The van der Waals surface area contributed by atoms with E-state index in [4.69, 9.17) is 13.9 Å². The number of fused-ring (bicyclic) bond motifs is 6. The molecule has 0 atom stereocenters. The minimum absolute atomic E-state index is 0.123. The molecule has 0 saturated heterocycles. The minimum atomic E-state index is -0.652. The van der Waals surface area contributed by atoms with Crippen molar-refractivity contribution in [1.29, 1.82) is 0 Å². The van der Waals surface area contributed by atoms with Gasteiger partial charge in [-0.1, -0.05) is 0 Å². The number of hydrogen-bond acceptors (Lipinski definition) is 7. The number of rotatable bonds is 1. The molecule has 0 aliphatic carbocycles. The van der Waals surface area contributed by atoms with Gasteiger partial charge in [0.2, 0.25) is 5.43 Å². The molecule has 3 N–H and O–H groups in total. The van der Waals surface area contributed by atoms with Crippen molar-refractivity contribution in [3.05, 3.63) is 45.8 Å². The molecule has 3 heterocycles. The van der Waals surface area contributed by atoms with Crippen LogP contribution in [-0.2, 0) is 6.42 Å². The third-order valence-corrected chi connectivity index (χ3v) is 6.01. The quantitative estimate of drug-likeness (QED) is 0.467. The maximum Gasteiger partial charge on any atom is 0.204 e. The van der Waals surface area contributed by atoms with Crippen molar-refractivity contribution >= 4 is 17.0 Å². The topological polar surface area (TPSA) is 109 Å². The van der Waals surface area contributed by atoms with Crippen LogP contribution in [0.2, 0.25) is 0 Å². The number of ether oxygens (including phenoxy) is 2. The molecule has 0 amide bonds. The van der Waals surface area contributed by atoms with Gasteiger partial charge in [0, 0.05) is 5.56 Å². The first-order valence-corrected chi connectivity index (χ1v) is 10.4. The van der Waals surface area contributed by atoms with Crippen LogP contribution in [0, 0.1) is 0 Å². The predicted octanol–water partition coefficient (Wildman–Crippen LogP) is 4.86. The zero-order chi connectivity index (χ0) is 23.0. The number of phenols is 3. The van der Waals surface area contributed by atoms with Crippen LogP contribution in [0.15, 0.2) is 33.7 Å². The highest BCUT2D eigenvalue weighted by molar-refractivity contribution is 5.97. The molecule has 7 heteroatoms. The van der Waals surface area contributed by atoms with Crippen LogP contribution >= 0.6 is 0 Å². The van der Waals surface area contributed by atoms with E-state index in [2.05, 4.69) is 0 Å². The summed E-state index contributed by atoms with van der Waals surface area (Å²) in [5.74, 6) is -0.638. The van der Waals surface area contributed by atoms with Gasteiger partial charge in [0.25, 0.3) is 0 Å². The molecule has 2 aromatic carbocycles. The van der Waals surface area contributed by atoms with Crippen molar-refractivity contribution in [3.63, 3.8) is 0 Å². The van der Waals surface area contributed by atoms with E-state index >= 15 is 0 Å². The van der Waals surface area contributed by atoms with E-state index in [-0.39, 0.29) is 21.9 Å². The lowest BCUT2D eigenvalue weighted by atomic mass is 9.88. The highest BCUT2D eigenvalue weighted by Gasteiger charge is 2.36. The summed E-state index contributed by atoms with van der Waals surface area (Å²) in [7, 11) is 0. The number of phenolic OH excluding ortho intramolecular Hbond substituents is 3. The van der Waals surface area contributed by atoms with Crippen molar-refractivity contribution in [3.8, 4) is 39.9 Å². The molecule has 0 spiro atoms. The van der Waals surface area contributed by atoms with E-state index in [0.29, 0.717) is 29.1 Å². The Morgan fingerprint density at radius 1 is 0.969 bits per heavy atom. The van der Waals surface area contributed by atoms with Crippen LogP contribution in [0.4, 0.5) is 0 Å². The molecule has 2 aliphatic rings. The fourth-order valence-electron chi connectivity index (χ4n) is 4.29. The molecule has 3 aromatic rings. The Labute approximate surface area is 184 Å². The van der Waals surface area contributed by atoms with Gasteiger partial charge in [-0.25, -0.2) is 0 Å². The summed E-state index contributed by atoms with van der Waals surface area (Å²) >= 11 is 0. The Morgan fingerprint density at radius 3 is 2.34 bits per heavy atom. The summed E-state index contributed by atoms with van der Waals surface area (Å²) in [4.78, 5) is 13.7. The molecule has 0 unspecified atom stereocenters. The van der Waals surface area contributed by atoms with Gasteiger partial charge in [0.05, 0.1) is 11.1 Å². The van der Waals surface area contributed by atoms with E-state index in [1.54, 1.807) is 0 Å². The van der Waals surface area contributed by atoms with Crippen LogP contribution in [0.5, 0.6) is 28.7 Å². The summed E-state index contributed by atoms with van der Waals surface area (Å²) in [5, 5.41) is 29.8. The maximum absolute atomic E-state index is 13.7. The Morgan fingerprint density at radius 2 is 1.66 bits per heavy atom. The van der Waals surface area contributed by atoms with Crippen molar-refractivity contribution in [2.75, 3.05) is 0 Å². The molecule has 0 bridgehead atoms. The lowest BCUT2D eigenvalue weighted by Gasteiger charge is -2.37. The largest absolute Gasteiger partial charge is 0.504 e. The van der Waals surface area contributed by atoms with E-state index < -0.39 is 28.5 Å². The lowest BCUT2D eigenvalue weighted by Crippen LogP contribution is -2.35. The third kappa shape index (κ3) is 2.99. The molecule has 2 aliphatic heterocycles. The molecule has 0 fully saturated rings. The molecule has 1 aromatic heterocycles. The molecule has 7 nitrogen and oxygen atoms in total. The van der Waals surface area contributed by atoms with Crippen molar-refractivity contribution in [2.24, 2.45) is 0 Å². The van der Waals surface area contributed by atoms with Crippen molar-refractivity contribution in [1.82, 2.24) is 0 Å². The molecule has 32 heavy (non-hydrogen) atoms.